The Hall–Kier alpha value is -0.750. The van der Waals surface area contributed by atoms with Gasteiger partial charge >= 0.3 is 0 Å². The second kappa shape index (κ2) is 3.97. The minimum absolute atomic E-state index is 0.171. The molecule has 0 spiro atoms. The van der Waals surface area contributed by atoms with Crippen molar-refractivity contribution in [3.05, 3.63) is 32.2 Å². The molecule has 0 bridgehead atoms. The molecular formula is C7H6BrF2NO2. The van der Waals surface area contributed by atoms with Gasteiger partial charge in [-0.1, -0.05) is 0 Å². The zero-order valence-corrected chi connectivity index (χ0v) is 7.94. The van der Waals surface area contributed by atoms with E-state index in [4.69, 9.17) is 5.11 Å². The number of rotatable bonds is 2. The lowest BCUT2D eigenvalue weighted by atomic mass is 10.1. The maximum atomic E-state index is 12.3. The molecule has 2 N–H and O–H groups in total. The van der Waals surface area contributed by atoms with Gasteiger partial charge in [-0.3, -0.25) is 4.79 Å². The number of aliphatic hydroxyl groups excluding tert-OH is 1. The monoisotopic (exact) mass is 253 g/mol. The summed E-state index contributed by atoms with van der Waals surface area (Å²) in [6, 6.07) is 1.08. The highest BCUT2D eigenvalue weighted by Crippen LogP contribution is 2.22. The molecule has 3 nitrogen and oxygen atoms in total. The van der Waals surface area contributed by atoms with Gasteiger partial charge in [-0.15, -0.1) is 0 Å². The number of halogens is 3. The SMILES string of the molecule is O=c1[nH]c(Br)cc(C(F)F)c1CO. The van der Waals surface area contributed by atoms with Gasteiger partial charge in [-0.2, -0.15) is 0 Å². The molecule has 0 unspecified atom stereocenters. The molecule has 1 aromatic rings. The molecule has 0 aliphatic carbocycles. The zero-order valence-electron chi connectivity index (χ0n) is 6.35. The predicted octanol–water partition coefficient (Wildman–Crippen LogP) is 1.57. The molecule has 1 rings (SSSR count). The maximum absolute atomic E-state index is 12.3. The number of nitrogens with one attached hydrogen (secondary N) is 1. The van der Waals surface area contributed by atoms with E-state index in [1.807, 2.05) is 0 Å². The van der Waals surface area contributed by atoms with Crippen molar-refractivity contribution < 1.29 is 13.9 Å². The van der Waals surface area contributed by atoms with Crippen LogP contribution in [0.3, 0.4) is 0 Å². The Balaban J connectivity index is 3.38. The summed E-state index contributed by atoms with van der Waals surface area (Å²) < 4.78 is 24.8. The Kier molecular flexibility index (Phi) is 3.16. The maximum Gasteiger partial charge on any atom is 0.264 e. The Morgan fingerprint density at radius 3 is 2.69 bits per heavy atom. The number of H-pyrrole nitrogens is 1. The molecule has 0 amide bonds. The summed E-state index contributed by atoms with van der Waals surface area (Å²) in [5.74, 6) is 0. The topological polar surface area (TPSA) is 53.1 Å². The van der Waals surface area contributed by atoms with E-state index in [-0.39, 0.29) is 10.2 Å². The van der Waals surface area contributed by atoms with Gasteiger partial charge in [0.15, 0.2) is 0 Å². The van der Waals surface area contributed by atoms with Gasteiger partial charge in [-0.05, 0) is 22.0 Å². The molecule has 0 radical (unpaired) electrons. The van der Waals surface area contributed by atoms with E-state index in [1.165, 1.54) is 0 Å². The normalized spacial score (nSPS) is 10.8. The van der Waals surface area contributed by atoms with Crippen molar-refractivity contribution in [3.63, 3.8) is 0 Å². The summed E-state index contributed by atoms with van der Waals surface area (Å²) in [4.78, 5) is 13.3. The van der Waals surface area contributed by atoms with Gasteiger partial charge in [-0.25, -0.2) is 8.78 Å². The molecule has 1 heterocycles. The summed E-state index contributed by atoms with van der Waals surface area (Å²) >= 11 is 2.87. The minimum atomic E-state index is -2.76. The first-order valence-electron chi connectivity index (χ1n) is 3.37. The van der Waals surface area contributed by atoms with Crippen LogP contribution in [-0.2, 0) is 6.61 Å². The van der Waals surface area contributed by atoms with Gasteiger partial charge < -0.3 is 10.1 Å². The van der Waals surface area contributed by atoms with Crippen molar-refractivity contribution in [2.24, 2.45) is 0 Å². The van der Waals surface area contributed by atoms with Gasteiger partial charge in [0.25, 0.3) is 12.0 Å². The number of pyridine rings is 1. The molecule has 6 heteroatoms. The average Bonchev–Trinajstić information content (AvgIpc) is 2.02. The lowest BCUT2D eigenvalue weighted by Gasteiger charge is -2.05. The lowest BCUT2D eigenvalue weighted by molar-refractivity contribution is 0.146. The Labute approximate surface area is 80.5 Å². The highest BCUT2D eigenvalue weighted by Gasteiger charge is 2.15. The molecular weight excluding hydrogens is 248 g/mol. The van der Waals surface area contributed by atoms with Gasteiger partial charge in [0, 0.05) is 5.56 Å². The van der Waals surface area contributed by atoms with Crippen LogP contribution in [0.15, 0.2) is 15.5 Å². The molecule has 0 fully saturated rings. The van der Waals surface area contributed by atoms with Gasteiger partial charge in [0.05, 0.1) is 16.8 Å². The van der Waals surface area contributed by atoms with Crippen LogP contribution >= 0.6 is 15.9 Å². The highest BCUT2D eigenvalue weighted by molar-refractivity contribution is 9.10. The summed E-state index contributed by atoms with van der Waals surface area (Å²) in [6.07, 6.45) is -2.76. The Bertz CT molecular complexity index is 364. The lowest BCUT2D eigenvalue weighted by Crippen LogP contribution is -2.16. The van der Waals surface area contributed by atoms with E-state index >= 15 is 0 Å². The molecule has 72 valence electrons. The molecule has 1 aromatic heterocycles. The molecule has 0 aromatic carbocycles. The van der Waals surface area contributed by atoms with E-state index < -0.39 is 24.2 Å². The third-order valence-corrected chi connectivity index (χ3v) is 1.96. The highest BCUT2D eigenvalue weighted by atomic mass is 79.9. The zero-order chi connectivity index (χ0) is 10.0. The van der Waals surface area contributed by atoms with Crippen LogP contribution in [0.25, 0.3) is 0 Å². The van der Waals surface area contributed by atoms with E-state index in [2.05, 4.69) is 20.9 Å². The smallest absolute Gasteiger partial charge is 0.264 e. The minimum Gasteiger partial charge on any atom is -0.391 e. The predicted molar refractivity (Wildman–Crippen MR) is 45.6 cm³/mol. The molecule has 13 heavy (non-hydrogen) atoms. The van der Waals surface area contributed by atoms with Crippen molar-refractivity contribution in [3.8, 4) is 0 Å². The molecule has 0 saturated carbocycles. The van der Waals surface area contributed by atoms with E-state index in [9.17, 15) is 13.6 Å². The fourth-order valence-corrected chi connectivity index (χ4v) is 1.36. The number of aromatic amines is 1. The van der Waals surface area contributed by atoms with Crippen LogP contribution in [0.5, 0.6) is 0 Å². The van der Waals surface area contributed by atoms with Crippen LogP contribution < -0.4 is 5.56 Å². The summed E-state index contributed by atoms with van der Waals surface area (Å²) in [5.41, 5.74) is -1.44. The fourth-order valence-electron chi connectivity index (χ4n) is 0.933. The van der Waals surface area contributed by atoms with Crippen molar-refractivity contribution in [2.45, 2.75) is 13.0 Å². The van der Waals surface area contributed by atoms with Crippen molar-refractivity contribution in [1.82, 2.24) is 4.98 Å². The first-order chi connectivity index (χ1) is 6.06. The summed E-state index contributed by atoms with van der Waals surface area (Å²) in [7, 11) is 0. The summed E-state index contributed by atoms with van der Waals surface area (Å²) in [5, 5.41) is 8.67. The first-order valence-corrected chi connectivity index (χ1v) is 4.16. The van der Waals surface area contributed by atoms with Crippen LogP contribution in [0.4, 0.5) is 8.78 Å². The van der Waals surface area contributed by atoms with Gasteiger partial charge in [0.1, 0.15) is 0 Å². The second-order valence-corrected chi connectivity index (χ2v) is 3.19. The van der Waals surface area contributed by atoms with Crippen molar-refractivity contribution in [2.75, 3.05) is 0 Å². The third kappa shape index (κ3) is 2.13. The van der Waals surface area contributed by atoms with Gasteiger partial charge in [0.2, 0.25) is 0 Å². The van der Waals surface area contributed by atoms with Crippen molar-refractivity contribution in [1.29, 1.82) is 0 Å². The fraction of sp³-hybridized carbons (Fsp3) is 0.286. The van der Waals surface area contributed by atoms with Crippen LogP contribution in [0, 0.1) is 0 Å². The average molecular weight is 254 g/mol. The molecule has 0 saturated heterocycles. The molecule has 0 atom stereocenters. The molecule has 0 aliphatic heterocycles. The second-order valence-electron chi connectivity index (χ2n) is 2.34. The first kappa shape index (κ1) is 10.3. The number of hydrogen-bond acceptors (Lipinski definition) is 2. The third-order valence-electron chi connectivity index (χ3n) is 1.53. The largest absolute Gasteiger partial charge is 0.391 e. The van der Waals surface area contributed by atoms with Crippen molar-refractivity contribution >= 4 is 15.9 Å². The number of aliphatic hydroxyl groups is 1. The Morgan fingerprint density at radius 2 is 2.23 bits per heavy atom. The Morgan fingerprint density at radius 1 is 1.62 bits per heavy atom. The van der Waals surface area contributed by atoms with E-state index in [0.717, 1.165) is 6.07 Å². The molecule has 0 aliphatic rings. The van der Waals surface area contributed by atoms with Crippen LogP contribution in [-0.4, -0.2) is 10.1 Å². The number of aromatic nitrogens is 1. The number of hydrogen-bond donors (Lipinski definition) is 2. The van der Waals surface area contributed by atoms with E-state index in [1.54, 1.807) is 0 Å². The van der Waals surface area contributed by atoms with E-state index in [0.29, 0.717) is 0 Å². The standard InChI is InChI=1S/C7H6BrF2NO2/c8-5-1-3(6(9)10)4(2-12)7(13)11-5/h1,6,12H,2H2,(H,11,13). The van der Waals surface area contributed by atoms with Crippen LogP contribution in [0.2, 0.25) is 0 Å². The quantitative estimate of drug-likeness (QED) is 0.787. The van der Waals surface area contributed by atoms with Crippen LogP contribution in [0.1, 0.15) is 17.6 Å². The summed E-state index contributed by atoms with van der Waals surface area (Å²) in [6.45, 7) is -0.692. The number of alkyl halides is 2.